The molecule has 0 aliphatic carbocycles. The Balaban J connectivity index is 1.98. The summed E-state index contributed by atoms with van der Waals surface area (Å²) in [5, 5.41) is 3.45. The minimum absolute atomic E-state index is 0.333. The molecule has 1 saturated heterocycles. The monoisotopic (exact) mass is 286 g/mol. The Labute approximate surface area is 127 Å². The predicted molar refractivity (Wildman–Crippen MR) is 87.4 cm³/mol. The normalized spacial score (nSPS) is 18.5. The molecule has 0 radical (unpaired) electrons. The number of piperidine rings is 1. The molecule has 3 rings (SSSR count). The van der Waals surface area contributed by atoms with Crippen LogP contribution in [0.4, 0.5) is 0 Å². The first-order valence-electron chi connectivity index (χ1n) is 7.99. The van der Waals surface area contributed by atoms with E-state index >= 15 is 0 Å². The van der Waals surface area contributed by atoms with Crippen molar-refractivity contribution in [1.29, 1.82) is 0 Å². The molecule has 1 aliphatic heterocycles. The van der Waals surface area contributed by atoms with Gasteiger partial charge in [0.1, 0.15) is 5.82 Å². The Morgan fingerprint density at radius 1 is 1.29 bits per heavy atom. The molecule has 1 aromatic heterocycles. The van der Waals surface area contributed by atoms with Gasteiger partial charge in [-0.3, -0.25) is 4.90 Å². The molecule has 4 heteroatoms. The topological polar surface area (TPSA) is 33.1 Å². The number of fused-ring (bicyclic) bond motifs is 1. The SMILES string of the molecule is CC(c1nc2ccccc2n1CC1CCNCC1)N(C)C. The highest BCUT2D eigenvalue weighted by Gasteiger charge is 2.21. The van der Waals surface area contributed by atoms with Crippen LogP contribution in [0.25, 0.3) is 11.0 Å². The Hall–Kier alpha value is -1.39. The van der Waals surface area contributed by atoms with Gasteiger partial charge in [0.25, 0.3) is 0 Å². The summed E-state index contributed by atoms with van der Waals surface area (Å²) in [6, 6.07) is 8.86. The fourth-order valence-electron chi connectivity index (χ4n) is 3.16. The van der Waals surface area contributed by atoms with Crippen LogP contribution < -0.4 is 5.32 Å². The van der Waals surface area contributed by atoms with E-state index in [1.807, 2.05) is 0 Å². The van der Waals surface area contributed by atoms with Gasteiger partial charge in [-0.1, -0.05) is 12.1 Å². The summed E-state index contributed by atoms with van der Waals surface area (Å²) in [6.07, 6.45) is 2.53. The van der Waals surface area contributed by atoms with Gasteiger partial charge < -0.3 is 9.88 Å². The maximum atomic E-state index is 4.91. The van der Waals surface area contributed by atoms with Gasteiger partial charge in [-0.2, -0.15) is 0 Å². The molecule has 1 N–H and O–H groups in total. The molecule has 1 atom stereocenters. The largest absolute Gasteiger partial charge is 0.326 e. The van der Waals surface area contributed by atoms with Crippen molar-refractivity contribution in [3.8, 4) is 0 Å². The van der Waals surface area contributed by atoms with Crippen molar-refractivity contribution < 1.29 is 0 Å². The molecule has 1 aliphatic rings. The van der Waals surface area contributed by atoms with Crippen LogP contribution in [0, 0.1) is 5.92 Å². The van der Waals surface area contributed by atoms with Crippen molar-refractivity contribution in [1.82, 2.24) is 19.8 Å². The number of hydrogen-bond acceptors (Lipinski definition) is 3. The Morgan fingerprint density at radius 2 is 2.00 bits per heavy atom. The number of nitrogens with zero attached hydrogens (tertiary/aromatic N) is 3. The third-order valence-corrected chi connectivity index (χ3v) is 4.73. The molecule has 1 unspecified atom stereocenters. The van der Waals surface area contributed by atoms with E-state index in [9.17, 15) is 0 Å². The minimum atomic E-state index is 0.333. The smallest absolute Gasteiger partial charge is 0.127 e. The minimum Gasteiger partial charge on any atom is -0.326 e. The van der Waals surface area contributed by atoms with Gasteiger partial charge in [-0.15, -0.1) is 0 Å². The average molecular weight is 286 g/mol. The Bertz CT molecular complexity index is 596. The number of nitrogens with one attached hydrogen (secondary N) is 1. The molecule has 4 nitrogen and oxygen atoms in total. The first kappa shape index (κ1) is 14.5. The molecule has 114 valence electrons. The summed E-state index contributed by atoms with van der Waals surface area (Å²) in [4.78, 5) is 7.14. The fourth-order valence-corrected chi connectivity index (χ4v) is 3.16. The lowest BCUT2D eigenvalue weighted by Crippen LogP contribution is -2.31. The molecular weight excluding hydrogens is 260 g/mol. The van der Waals surface area contributed by atoms with Crippen LogP contribution in [0.2, 0.25) is 0 Å². The summed E-state index contributed by atoms with van der Waals surface area (Å²) < 4.78 is 2.45. The third kappa shape index (κ3) is 2.97. The highest BCUT2D eigenvalue weighted by Crippen LogP contribution is 2.26. The van der Waals surface area contributed by atoms with Crippen LogP contribution in [0.15, 0.2) is 24.3 Å². The first-order chi connectivity index (χ1) is 10.2. The van der Waals surface area contributed by atoms with Crippen LogP contribution in [-0.4, -0.2) is 41.6 Å². The third-order valence-electron chi connectivity index (χ3n) is 4.73. The quantitative estimate of drug-likeness (QED) is 0.938. The predicted octanol–water partition coefficient (Wildman–Crippen LogP) is 2.66. The molecule has 0 saturated carbocycles. The van der Waals surface area contributed by atoms with E-state index < -0.39 is 0 Å². The Morgan fingerprint density at radius 3 is 2.71 bits per heavy atom. The summed E-state index contributed by atoms with van der Waals surface area (Å²) in [6.45, 7) is 5.63. The molecule has 1 fully saturated rings. The van der Waals surface area contributed by atoms with Crippen molar-refractivity contribution in [2.24, 2.45) is 5.92 Å². The standard InChI is InChI=1S/C17H26N4/c1-13(20(2)3)17-19-15-6-4-5-7-16(15)21(17)12-14-8-10-18-11-9-14/h4-7,13-14,18H,8-12H2,1-3H3. The second-order valence-corrected chi connectivity index (χ2v) is 6.40. The van der Waals surface area contributed by atoms with E-state index in [4.69, 9.17) is 4.98 Å². The zero-order valence-corrected chi connectivity index (χ0v) is 13.3. The van der Waals surface area contributed by atoms with Gasteiger partial charge in [0, 0.05) is 6.54 Å². The molecule has 1 aromatic carbocycles. The van der Waals surface area contributed by atoms with Gasteiger partial charge in [0.15, 0.2) is 0 Å². The van der Waals surface area contributed by atoms with Gasteiger partial charge >= 0.3 is 0 Å². The van der Waals surface area contributed by atoms with E-state index in [2.05, 4.69) is 60.1 Å². The maximum absolute atomic E-state index is 4.91. The number of hydrogen-bond donors (Lipinski definition) is 1. The van der Waals surface area contributed by atoms with Crippen LogP contribution in [0.1, 0.15) is 31.6 Å². The van der Waals surface area contributed by atoms with Crippen LogP contribution in [0.3, 0.4) is 0 Å². The fraction of sp³-hybridized carbons (Fsp3) is 0.588. The van der Waals surface area contributed by atoms with E-state index in [-0.39, 0.29) is 0 Å². The van der Waals surface area contributed by atoms with Crippen molar-refractivity contribution in [3.63, 3.8) is 0 Å². The van der Waals surface area contributed by atoms with Gasteiger partial charge in [0.2, 0.25) is 0 Å². The molecule has 2 aromatic rings. The van der Waals surface area contributed by atoms with Gasteiger partial charge in [-0.25, -0.2) is 4.98 Å². The van der Waals surface area contributed by atoms with E-state index in [1.165, 1.54) is 24.2 Å². The zero-order valence-electron chi connectivity index (χ0n) is 13.3. The lowest BCUT2D eigenvalue weighted by molar-refractivity contribution is 0.284. The zero-order chi connectivity index (χ0) is 14.8. The number of para-hydroxylation sites is 2. The second-order valence-electron chi connectivity index (χ2n) is 6.40. The van der Waals surface area contributed by atoms with Gasteiger partial charge in [-0.05, 0) is 65.0 Å². The molecule has 0 spiro atoms. The number of rotatable bonds is 4. The number of imidazole rings is 1. The summed E-state index contributed by atoms with van der Waals surface area (Å²) in [7, 11) is 4.25. The van der Waals surface area contributed by atoms with E-state index in [0.717, 1.165) is 31.1 Å². The van der Waals surface area contributed by atoms with Crippen molar-refractivity contribution in [3.05, 3.63) is 30.1 Å². The second kappa shape index (κ2) is 6.16. The molecule has 2 heterocycles. The highest BCUT2D eigenvalue weighted by atomic mass is 15.2. The summed E-state index contributed by atoms with van der Waals surface area (Å²) in [5.41, 5.74) is 2.40. The number of benzene rings is 1. The summed E-state index contributed by atoms with van der Waals surface area (Å²) in [5.74, 6) is 1.96. The molecule has 0 amide bonds. The van der Waals surface area contributed by atoms with E-state index in [0.29, 0.717) is 6.04 Å². The number of aromatic nitrogens is 2. The summed E-state index contributed by atoms with van der Waals surface area (Å²) >= 11 is 0. The first-order valence-corrected chi connectivity index (χ1v) is 7.99. The van der Waals surface area contributed by atoms with Crippen LogP contribution in [-0.2, 0) is 6.54 Å². The lowest BCUT2D eigenvalue weighted by Gasteiger charge is -2.26. The Kier molecular flexibility index (Phi) is 4.27. The van der Waals surface area contributed by atoms with Gasteiger partial charge in [0.05, 0.1) is 17.1 Å². The van der Waals surface area contributed by atoms with Crippen LogP contribution >= 0.6 is 0 Å². The highest BCUT2D eigenvalue weighted by molar-refractivity contribution is 5.76. The van der Waals surface area contributed by atoms with Crippen molar-refractivity contribution in [2.45, 2.75) is 32.4 Å². The van der Waals surface area contributed by atoms with Crippen molar-refractivity contribution >= 4 is 11.0 Å². The maximum Gasteiger partial charge on any atom is 0.127 e. The lowest BCUT2D eigenvalue weighted by atomic mass is 9.98. The average Bonchev–Trinajstić information content (AvgIpc) is 2.86. The molecular formula is C17H26N4. The molecule has 21 heavy (non-hydrogen) atoms. The van der Waals surface area contributed by atoms with Crippen LogP contribution in [0.5, 0.6) is 0 Å². The van der Waals surface area contributed by atoms with E-state index in [1.54, 1.807) is 0 Å². The molecule has 0 bridgehead atoms. The van der Waals surface area contributed by atoms with Crippen molar-refractivity contribution in [2.75, 3.05) is 27.2 Å².